The monoisotopic (exact) mass is 519 g/mol. The van der Waals surface area contributed by atoms with Crippen LogP contribution in [0.3, 0.4) is 0 Å². The number of aromatic nitrogens is 3. The molecule has 1 fully saturated rings. The summed E-state index contributed by atoms with van der Waals surface area (Å²) in [7, 11) is 1.67. The molecule has 1 aromatic carbocycles. The van der Waals surface area contributed by atoms with Crippen LogP contribution in [0.2, 0.25) is 0 Å². The Bertz CT molecular complexity index is 1590. The van der Waals surface area contributed by atoms with Crippen molar-refractivity contribution in [2.24, 2.45) is 10.7 Å². The summed E-state index contributed by atoms with van der Waals surface area (Å²) in [5, 5.41) is 14.1. The average molecular weight is 520 g/mol. The molecule has 0 aliphatic carbocycles. The van der Waals surface area contributed by atoms with Crippen LogP contribution in [0.1, 0.15) is 16.7 Å². The Morgan fingerprint density at radius 3 is 2.56 bits per heavy atom. The minimum Gasteiger partial charge on any atom is -0.404 e. The number of piperazine rings is 1. The largest absolute Gasteiger partial charge is 0.404 e. The predicted molar refractivity (Wildman–Crippen MR) is 153 cm³/mol. The minimum atomic E-state index is 0.139. The summed E-state index contributed by atoms with van der Waals surface area (Å²) in [5.74, 6) is 1.12. The number of rotatable bonds is 6. The second-order valence-electron chi connectivity index (χ2n) is 9.25. The van der Waals surface area contributed by atoms with Gasteiger partial charge in [0.1, 0.15) is 17.5 Å². The number of carbonyl (C=O) groups is 1. The molecule has 0 saturated carbocycles. The van der Waals surface area contributed by atoms with Gasteiger partial charge in [-0.2, -0.15) is 5.26 Å². The molecule has 1 aliphatic rings. The molecule has 1 amide bonds. The molecule has 4 aromatic rings. The third-order valence-corrected chi connectivity index (χ3v) is 6.86. The van der Waals surface area contributed by atoms with E-state index in [9.17, 15) is 10.1 Å². The number of amides is 1. The Balaban J connectivity index is 1.38. The molecule has 4 heterocycles. The van der Waals surface area contributed by atoms with Gasteiger partial charge in [0.25, 0.3) is 0 Å². The number of anilines is 2. The Morgan fingerprint density at radius 2 is 1.92 bits per heavy atom. The Morgan fingerprint density at radius 1 is 1.15 bits per heavy atom. The molecule has 1 aliphatic heterocycles. The van der Waals surface area contributed by atoms with Crippen LogP contribution in [0.5, 0.6) is 0 Å². The van der Waals surface area contributed by atoms with Crippen molar-refractivity contribution < 1.29 is 4.79 Å². The van der Waals surface area contributed by atoms with Gasteiger partial charge in [-0.1, -0.05) is 30.3 Å². The van der Waals surface area contributed by atoms with Crippen molar-refractivity contribution in [2.45, 2.75) is 6.42 Å². The predicted octanol–water partition coefficient (Wildman–Crippen LogP) is 2.74. The lowest BCUT2D eigenvalue weighted by Crippen LogP contribution is -2.49. The molecule has 0 spiro atoms. The molecular weight excluding hydrogens is 490 g/mol. The smallest absolute Gasteiger partial charge is 0.227 e. The van der Waals surface area contributed by atoms with Crippen LogP contribution >= 0.6 is 0 Å². The highest BCUT2D eigenvalue weighted by atomic mass is 16.2. The van der Waals surface area contributed by atoms with E-state index in [2.05, 4.69) is 21.1 Å². The topological polar surface area (TPSA) is 142 Å². The third kappa shape index (κ3) is 5.15. The van der Waals surface area contributed by atoms with E-state index >= 15 is 0 Å². The van der Waals surface area contributed by atoms with Gasteiger partial charge in [-0.15, -0.1) is 5.10 Å². The van der Waals surface area contributed by atoms with Gasteiger partial charge < -0.3 is 21.3 Å². The molecule has 0 unspecified atom stereocenters. The Kier molecular flexibility index (Phi) is 7.23. The van der Waals surface area contributed by atoms with Gasteiger partial charge >= 0.3 is 0 Å². The number of hydrogen-bond acceptors (Lipinski definition) is 8. The maximum Gasteiger partial charge on any atom is 0.227 e. The summed E-state index contributed by atoms with van der Waals surface area (Å²) in [5.41, 5.74) is 16.9. The van der Waals surface area contributed by atoms with Gasteiger partial charge in [0, 0.05) is 80.3 Å². The summed E-state index contributed by atoms with van der Waals surface area (Å²) >= 11 is 0. The SMILES string of the molecule is CN=CC(=CN)c1cc(-c2ccc(N3CCN(C(=O)Cc4ccccc4)CC3)nc2)c2c(C#N)c(N)nn2c1. The van der Waals surface area contributed by atoms with E-state index < -0.39 is 0 Å². The number of nitrogens with two attached hydrogens (primary N) is 2. The fraction of sp³-hybridized carbons (Fsp3) is 0.207. The van der Waals surface area contributed by atoms with Crippen LogP contribution < -0.4 is 16.4 Å². The standard InChI is InChI=1S/C29H29N9O/c1-33-17-23(15-30)22-14-24(28-25(16-31)29(32)35-38(28)19-22)21-7-8-26(34-18-21)36-9-11-37(12-10-36)27(39)13-20-5-3-2-4-6-20/h2-8,14-15,17-19H,9-13,30H2,1H3,(H2,32,35). The first-order valence-electron chi connectivity index (χ1n) is 12.6. The lowest BCUT2D eigenvalue weighted by Gasteiger charge is -2.35. The normalized spacial score (nSPS) is 14.2. The minimum absolute atomic E-state index is 0.139. The molecule has 0 atom stereocenters. The maximum absolute atomic E-state index is 12.7. The van der Waals surface area contributed by atoms with Crippen LogP contribution in [-0.2, 0) is 11.2 Å². The van der Waals surface area contributed by atoms with Crippen LogP contribution in [0.4, 0.5) is 11.6 Å². The van der Waals surface area contributed by atoms with Crippen LogP contribution in [-0.4, -0.2) is 64.8 Å². The van der Waals surface area contributed by atoms with Crippen molar-refractivity contribution in [3.63, 3.8) is 0 Å². The molecule has 4 N–H and O–H groups in total. The lowest BCUT2D eigenvalue weighted by molar-refractivity contribution is -0.130. The lowest BCUT2D eigenvalue weighted by atomic mass is 10.0. The second kappa shape index (κ2) is 11.1. The number of nitrogens with zero attached hydrogens (tertiary/aromatic N) is 7. The zero-order valence-corrected chi connectivity index (χ0v) is 21.7. The average Bonchev–Trinajstić information content (AvgIpc) is 3.30. The van der Waals surface area contributed by atoms with E-state index in [0.717, 1.165) is 28.1 Å². The van der Waals surface area contributed by atoms with Crippen molar-refractivity contribution in [3.8, 4) is 17.2 Å². The number of nitriles is 1. The van der Waals surface area contributed by atoms with E-state index in [1.165, 1.54) is 6.20 Å². The van der Waals surface area contributed by atoms with Crippen molar-refractivity contribution in [3.05, 3.63) is 83.8 Å². The number of carbonyl (C=O) groups excluding carboxylic acids is 1. The Hall–Kier alpha value is -5.17. The number of benzene rings is 1. The van der Waals surface area contributed by atoms with Crippen LogP contribution in [0, 0.1) is 11.3 Å². The quantitative estimate of drug-likeness (QED) is 0.373. The highest BCUT2D eigenvalue weighted by Crippen LogP contribution is 2.32. The van der Waals surface area contributed by atoms with E-state index in [1.807, 2.05) is 53.4 Å². The molecule has 0 radical (unpaired) electrons. The first kappa shape index (κ1) is 25.5. The first-order chi connectivity index (χ1) is 19.0. The number of pyridine rings is 2. The summed E-state index contributed by atoms with van der Waals surface area (Å²) in [6, 6.07) is 17.8. The van der Waals surface area contributed by atoms with Crippen molar-refractivity contribution in [1.82, 2.24) is 19.5 Å². The van der Waals surface area contributed by atoms with Crippen LogP contribution in [0.25, 0.3) is 22.2 Å². The first-order valence-corrected chi connectivity index (χ1v) is 12.6. The highest BCUT2D eigenvalue weighted by Gasteiger charge is 2.23. The van der Waals surface area contributed by atoms with Crippen molar-refractivity contribution in [2.75, 3.05) is 43.9 Å². The van der Waals surface area contributed by atoms with Gasteiger partial charge in [-0.25, -0.2) is 9.50 Å². The van der Waals surface area contributed by atoms with Gasteiger partial charge in [0.15, 0.2) is 5.82 Å². The Labute approximate surface area is 226 Å². The fourth-order valence-electron chi connectivity index (χ4n) is 4.84. The van der Waals surface area contributed by atoms with Gasteiger partial charge in [0.2, 0.25) is 5.91 Å². The van der Waals surface area contributed by atoms with E-state index in [4.69, 9.17) is 16.5 Å². The molecule has 1 saturated heterocycles. The summed E-state index contributed by atoms with van der Waals surface area (Å²) in [6.07, 6.45) is 7.11. The molecule has 3 aromatic heterocycles. The van der Waals surface area contributed by atoms with E-state index in [-0.39, 0.29) is 11.7 Å². The number of nitrogen functional groups attached to an aromatic ring is 1. The zero-order valence-electron chi connectivity index (χ0n) is 21.7. The van der Waals surface area contributed by atoms with Gasteiger partial charge in [-0.3, -0.25) is 9.79 Å². The van der Waals surface area contributed by atoms with Crippen molar-refractivity contribution >= 4 is 34.8 Å². The molecule has 10 heteroatoms. The summed E-state index contributed by atoms with van der Waals surface area (Å²) in [4.78, 5) is 25.6. The number of fused-ring (bicyclic) bond motifs is 1. The molecular formula is C29H29N9O. The third-order valence-electron chi connectivity index (χ3n) is 6.86. The molecule has 0 bridgehead atoms. The second-order valence-corrected chi connectivity index (χ2v) is 9.25. The molecule has 10 nitrogen and oxygen atoms in total. The fourth-order valence-corrected chi connectivity index (χ4v) is 4.84. The zero-order chi connectivity index (χ0) is 27.4. The van der Waals surface area contributed by atoms with Gasteiger partial charge in [-0.05, 0) is 23.8 Å². The van der Waals surface area contributed by atoms with Crippen LogP contribution in [0.15, 0.2) is 72.1 Å². The number of allylic oxidation sites excluding steroid dienone is 1. The molecule has 5 rings (SSSR count). The highest BCUT2D eigenvalue weighted by molar-refractivity contribution is 6.10. The molecule has 196 valence electrons. The van der Waals surface area contributed by atoms with E-state index in [1.54, 1.807) is 30.2 Å². The van der Waals surface area contributed by atoms with E-state index in [0.29, 0.717) is 49.3 Å². The summed E-state index contributed by atoms with van der Waals surface area (Å²) < 4.78 is 1.60. The molecule has 39 heavy (non-hydrogen) atoms. The number of aliphatic imine (C=N–C) groups is 1. The maximum atomic E-state index is 12.7. The summed E-state index contributed by atoms with van der Waals surface area (Å²) in [6.45, 7) is 2.69. The van der Waals surface area contributed by atoms with Crippen molar-refractivity contribution in [1.29, 1.82) is 5.26 Å². The number of hydrogen-bond donors (Lipinski definition) is 2. The van der Waals surface area contributed by atoms with Gasteiger partial charge in [0.05, 0.1) is 11.9 Å².